The Hall–Kier alpha value is -1.68. The van der Waals surface area contributed by atoms with Gasteiger partial charge in [0.25, 0.3) is 0 Å². The Morgan fingerprint density at radius 3 is 2.27 bits per heavy atom. The second-order valence-electron chi connectivity index (χ2n) is 18.5. The van der Waals surface area contributed by atoms with Crippen LogP contribution in [0.3, 0.4) is 0 Å². The van der Waals surface area contributed by atoms with Crippen LogP contribution < -0.4 is 0 Å². The number of hydrogen-bond acceptors (Lipinski definition) is 6. The molecule has 1 amide bonds. The Morgan fingerprint density at radius 2 is 1.58 bits per heavy atom. The van der Waals surface area contributed by atoms with E-state index in [0.717, 1.165) is 32.1 Å². The number of sulfonamides is 1. The highest BCUT2D eigenvalue weighted by Crippen LogP contribution is 2.72. The van der Waals surface area contributed by atoms with Crippen molar-refractivity contribution in [2.75, 3.05) is 26.4 Å². The lowest BCUT2D eigenvalue weighted by Gasteiger charge is -2.67. The van der Waals surface area contributed by atoms with Crippen molar-refractivity contribution in [2.24, 2.45) is 57.2 Å². The van der Waals surface area contributed by atoms with Crippen LogP contribution in [-0.4, -0.2) is 79.1 Å². The summed E-state index contributed by atoms with van der Waals surface area (Å²) in [7, 11) is -1.64. The van der Waals surface area contributed by atoms with E-state index >= 15 is 0 Å². The number of carbonyl (C=O) groups excluding carboxylic acids is 2. The number of hydrogen-bond donors (Lipinski definition) is 1. The monoisotopic (exact) mass is 690 g/mol. The topological polar surface area (TPSA) is 121 Å². The predicted molar refractivity (Wildman–Crippen MR) is 184 cm³/mol. The van der Waals surface area contributed by atoms with Gasteiger partial charge in [-0.2, -0.15) is 0 Å². The molecule has 0 spiro atoms. The SMILES string of the molecule is C[C@H]1C(OC(=O)CC(C)(C)C(=O)O)CC[C@@]2(C)C1CC[C@@]1(C)C3CC[C@@]4(CC(=O)N5CC[C@@H](N(C)S(C)(=O)=O)C5)CCCC4[C@H]3CCC21. The summed E-state index contributed by atoms with van der Waals surface area (Å²) in [5.41, 5.74) is -0.561. The van der Waals surface area contributed by atoms with Gasteiger partial charge < -0.3 is 14.7 Å². The van der Waals surface area contributed by atoms with Crippen molar-refractivity contribution in [1.82, 2.24) is 9.21 Å². The van der Waals surface area contributed by atoms with Crippen LogP contribution in [0.1, 0.15) is 125 Å². The molecule has 5 aliphatic carbocycles. The largest absolute Gasteiger partial charge is 0.481 e. The van der Waals surface area contributed by atoms with Crippen molar-refractivity contribution in [3.63, 3.8) is 0 Å². The Balaban J connectivity index is 1.12. The molecule has 6 rings (SSSR count). The first-order chi connectivity index (χ1) is 22.3. The quantitative estimate of drug-likeness (QED) is 0.295. The fourth-order valence-corrected chi connectivity index (χ4v) is 13.7. The summed E-state index contributed by atoms with van der Waals surface area (Å²) >= 11 is 0. The highest BCUT2D eigenvalue weighted by Gasteiger charge is 2.65. The number of fused-ring (bicyclic) bond motifs is 7. The van der Waals surface area contributed by atoms with Crippen molar-refractivity contribution in [1.29, 1.82) is 0 Å². The average Bonchev–Trinajstić information content (AvgIpc) is 3.65. The molecule has 0 aromatic carbocycles. The summed E-state index contributed by atoms with van der Waals surface area (Å²) in [6, 6.07) is -0.128. The first kappa shape index (κ1) is 36.1. The average molecular weight is 691 g/mol. The molecule has 1 N–H and O–H groups in total. The summed E-state index contributed by atoms with van der Waals surface area (Å²) < 4.78 is 31.7. The van der Waals surface area contributed by atoms with Gasteiger partial charge in [0.05, 0.1) is 18.1 Å². The lowest BCUT2D eigenvalue weighted by molar-refractivity contribution is -0.203. The van der Waals surface area contributed by atoms with Crippen molar-refractivity contribution >= 4 is 27.9 Å². The van der Waals surface area contributed by atoms with Crippen LogP contribution in [0.2, 0.25) is 0 Å². The molecule has 0 aromatic heterocycles. The molecule has 5 unspecified atom stereocenters. The molecule has 0 bridgehead atoms. The zero-order valence-electron chi connectivity index (χ0n) is 30.6. The third kappa shape index (κ3) is 6.04. The second kappa shape index (κ2) is 12.5. The summed E-state index contributed by atoms with van der Waals surface area (Å²) in [6.07, 6.45) is 15.0. The van der Waals surface area contributed by atoms with E-state index in [1.165, 1.54) is 49.1 Å². The van der Waals surface area contributed by atoms with Crippen molar-refractivity contribution < 1.29 is 32.6 Å². The smallest absolute Gasteiger partial charge is 0.309 e. The molecule has 1 aliphatic heterocycles. The third-order valence-electron chi connectivity index (χ3n) is 15.7. The van der Waals surface area contributed by atoms with Crippen LogP contribution in [0.15, 0.2) is 0 Å². The number of amides is 1. The summed E-state index contributed by atoms with van der Waals surface area (Å²) in [6.45, 7) is 11.7. The molecule has 0 radical (unpaired) electrons. The van der Waals surface area contributed by atoms with E-state index in [9.17, 15) is 27.9 Å². The summed E-state index contributed by atoms with van der Waals surface area (Å²) in [4.78, 5) is 40.3. The zero-order valence-corrected chi connectivity index (χ0v) is 31.4. The van der Waals surface area contributed by atoms with Crippen molar-refractivity contribution in [3.8, 4) is 0 Å². The van der Waals surface area contributed by atoms with E-state index in [0.29, 0.717) is 55.5 Å². The molecule has 6 fully saturated rings. The number of carboxylic acids is 1. The van der Waals surface area contributed by atoms with Gasteiger partial charge in [-0.15, -0.1) is 0 Å². The molecule has 10 heteroatoms. The lowest BCUT2D eigenvalue weighted by Crippen LogP contribution is -2.61. The van der Waals surface area contributed by atoms with Crippen molar-refractivity contribution in [3.05, 3.63) is 0 Å². The molecular formula is C38H62N2O7S. The number of likely N-dealkylation sites (tertiary alicyclic amines) is 1. The van der Waals surface area contributed by atoms with Gasteiger partial charge >= 0.3 is 11.9 Å². The minimum Gasteiger partial charge on any atom is -0.481 e. The molecule has 5 saturated carbocycles. The second-order valence-corrected chi connectivity index (χ2v) is 20.5. The van der Waals surface area contributed by atoms with Gasteiger partial charge in [0.1, 0.15) is 6.10 Å². The Kier molecular flexibility index (Phi) is 9.42. The molecule has 48 heavy (non-hydrogen) atoms. The first-order valence-electron chi connectivity index (χ1n) is 19.0. The molecule has 9 nitrogen and oxygen atoms in total. The minimum atomic E-state index is -3.28. The fourth-order valence-electron chi connectivity index (χ4n) is 13.0. The molecule has 1 heterocycles. The standard InChI is InChI=1S/C38H62N2O7S/c1-24-27-12-17-37(5)28-13-19-38(21-32(41)40-20-15-25(23-40)39(6)48(7,45)46)16-8-9-29(38)26(28)10-11-31(37)36(27,4)18-14-30(24)47-33(42)22-35(2,3)34(43)44/h24-31H,8-23H2,1-7H3,(H,43,44)/t24-,25-,26+,27?,28?,29?,30?,31?,36+,37+,38-/m1/s1. The highest BCUT2D eigenvalue weighted by molar-refractivity contribution is 7.88. The third-order valence-corrected chi connectivity index (χ3v) is 17.1. The minimum absolute atomic E-state index is 0.0923. The molecule has 272 valence electrons. The highest BCUT2D eigenvalue weighted by atomic mass is 32.2. The number of likely N-dealkylation sites (N-methyl/N-ethyl adjacent to an activating group) is 1. The molecule has 0 aromatic rings. The van der Waals surface area contributed by atoms with Crippen LogP contribution in [0.4, 0.5) is 0 Å². The number of rotatable bonds is 8. The number of aliphatic carboxylic acids is 1. The van der Waals surface area contributed by atoms with Gasteiger partial charge in [0, 0.05) is 32.6 Å². The number of esters is 1. The summed E-state index contributed by atoms with van der Waals surface area (Å²) in [5.74, 6) is 2.20. The van der Waals surface area contributed by atoms with Crippen LogP contribution in [0.25, 0.3) is 0 Å². The molecule has 1 saturated heterocycles. The normalized spacial score (nSPS) is 42.8. The van der Waals surface area contributed by atoms with Crippen LogP contribution in [0.5, 0.6) is 0 Å². The maximum Gasteiger partial charge on any atom is 0.309 e. The van der Waals surface area contributed by atoms with E-state index in [4.69, 9.17) is 4.74 Å². The van der Waals surface area contributed by atoms with Crippen LogP contribution in [0, 0.1) is 57.2 Å². The molecule has 11 atom stereocenters. The lowest BCUT2D eigenvalue weighted by atomic mass is 9.37. The number of nitrogens with zero attached hydrogens (tertiary/aromatic N) is 2. The van der Waals surface area contributed by atoms with Gasteiger partial charge in [-0.1, -0.05) is 27.2 Å². The maximum absolute atomic E-state index is 13.8. The van der Waals surface area contributed by atoms with Crippen molar-refractivity contribution in [2.45, 2.75) is 137 Å². The van der Waals surface area contributed by atoms with Gasteiger partial charge in [-0.05, 0) is 136 Å². The van der Waals surface area contributed by atoms with Gasteiger partial charge in [-0.3, -0.25) is 14.4 Å². The first-order valence-corrected chi connectivity index (χ1v) is 20.8. The van der Waals surface area contributed by atoms with Gasteiger partial charge in [0.2, 0.25) is 15.9 Å². The number of carboxylic acid groups (broad SMARTS) is 1. The maximum atomic E-state index is 13.8. The molecular weight excluding hydrogens is 628 g/mol. The van der Waals surface area contributed by atoms with E-state index in [-0.39, 0.29) is 46.6 Å². The Labute approximate surface area is 289 Å². The summed E-state index contributed by atoms with van der Waals surface area (Å²) in [5, 5.41) is 9.50. The van der Waals surface area contributed by atoms with Gasteiger partial charge in [-0.25, -0.2) is 12.7 Å². The van der Waals surface area contributed by atoms with E-state index in [1.807, 2.05) is 4.90 Å². The Bertz CT molecular complexity index is 1400. The molecule has 6 aliphatic rings. The number of carbonyl (C=O) groups is 3. The van der Waals surface area contributed by atoms with E-state index < -0.39 is 27.4 Å². The van der Waals surface area contributed by atoms with Crippen LogP contribution >= 0.6 is 0 Å². The van der Waals surface area contributed by atoms with Crippen LogP contribution in [-0.2, 0) is 29.1 Å². The Morgan fingerprint density at radius 1 is 0.917 bits per heavy atom. The number of ether oxygens (including phenoxy) is 1. The predicted octanol–water partition coefficient (Wildman–Crippen LogP) is 6.36. The van der Waals surface area contributed by atoms with E-state index in [2.05, 4.69) is 20.8 Å². The van der Waals surface area contributed by atoms with E-state index in [1.54, 1.807) is 20.9 Å². The van der Waals surface area contributed by atoms with Gasteiger partial charge in [0.15, 0.2) is 0 Å². The fraction of sp³-hybridized carbons (Fsp3) is 0.921. The zero-order chi connectivity index (χ0) is 35.0.